The van der Waals surface area contributed by atoms with Crippen LogP contribution >= 0.6 is 35.3 Å². The number of rotatable bonds is 4. The Balaban J connectivity index is 0.00000300. The number of hydrogen-bond donors (Lipinski definition) is 2. The van der Waals surface area contributed by atoms with Gasteiger partial charge in [0, 0.05) is 18.5 Å². The third-order valence-corrected chi connectivity index (χ3v) is 7.21. The Bertz CT molecular complexity index is 976. The molecule has 3 N–H and O–H groups in total. The van der Waals surface area contributed by atoms with Gasteiger partial charge in [0.2, 0.25) is 10.0 Å². The van der Waals surface area contributed by atoms with Crippen molar-refractivity contribution < 1.29 is 13.2 Å². The fourth-order valence-electron chi connectivity index (χ4n) is 3.32. The van der Waals surface area contributed by atoms with Crippen LogP contribution in [-0.4, -0.2) is 46.0 Å². The third kappa shape index (κ3) is 6.14. The molecule has 0 bridgehead atoms. The predicted molar refractivity (Wildman–Crippen MR) is 127 cm³/mol. The van der Waals surface area contributed by atoms with Crippen LogP contribution in [0.3, 0.4) is 0 Å². The zero-order chi connectivity index (χ0) is 20.3. The minimum absolute atomic E-state index is 0. The highest BCUT2D eigenvalue weighted by Gasteiger charge is 2.25. The largest absolute Gasteiger partial charge is 0.370 e. The van der Waals surface area contributed by atoms with Gasteiger partial charge in [-0.3, -0.25) is 4.99 Å². The van der Waals surface area contributed by atoms with Crippen molar-refractivity contribution in [3.8, 4) is 0 Å². The van der Waals surface area contributed by atoms with Crippen LogP contribution < -0.4 is 10.5 Å². The Hall–Kier alpha value is -1.21. The van der Waals surface area contributed by atoms with Crippen LogP contribution in [0.2, 0.25) is 0 Å². The molecular formula is C19H27IN4O3S2. The maximum atomic E-state index is 11.4. The second-order valence-corrected chi connectivity index (χ2v) is 9.79. The molecule has 0 aliphatic carbocycles. The molecule has 1 atom stereocenters. The van der Waals surface area contributed by atoms with E-state index in [1.54, 1.807) is 13.1 Å². The normalized spacial score (nSPS) is 17.7. The lowest BCUT2D eigenvalue weighted by Gasteiger charge is -2.35. The predicted octanol–water partition coefficient (Wildman–Crippen LogP) is 2.78. The molecule has 7 nitrogen and oxygen atoms in total. The summed E-state index contributed by atoms with van der Waals surface area (Å²) in [7, 11) is -1.91. The highest BCUT2D eigenvalue weighted by atomic mass is 127. The molecule has 1 saturated heterocycles. The molecule has 1 aliphatic rings. The fourth-order valence-corrected chi connectivity index (χ4v) is 5.04. The number of aliphatic imine (C=N–C) groups is 1. The number of guanidine groups is 1. The lowest BCUT2D eigenvalue weighted by atomic mass is 10.00. The van der Waals surface area contributed by atoms with Crippen LogP contribution in [0.5, 0.6) is 0 Å². The minimum atomic E-state index is -3.66. The van der Waals surface area contributed by atoms with Crippen molar-refractivity contribution in [3.05, 3.63) is 51.9 Å². The Morgan fingerprint density at radius 3 is 2.72 bits per heavy atom. The highest BCUT2D eigenvalue weighted by molar-refractivity contribution is 14.0. The van der Waals surface area contributed by atoms with Gasteiger partial charge in [-0.2, -0.15) is 0 Å². The Morgan fingerprint density at radius 2 is 2.10 bits per heavy atom. The van der Waals surface area contributed by atoms with Gasteiger partial charge in [0.05, 0.1) is 19.7 Å². The third-order valence-electron chi connectivity index (χ3n) is 4.69. The number of hydrogen-bond acceptors (Lipinski definition) is 5. The summed E-state index contributed by atoms with van der Waals surface area (Å²) in [4.78, 5) is 7.43. The van der Waals surface area contributed by atoms with Gasteiger partial charge < -0.3 is 15.0 Å². The van der Waals surface area contributed by atoms with Crippen LogP contribution in [0.25, 0.3) is 0 Å². The number of nitrogens with zero attached hydrogens (tertiary/aromatic N) is 2. The van der Waals surface area contributed by atoms with Crippen molar-refractivity contribution in [1.29, 1.82) is 0 Å². The molecule has 0 saturated carbocycles. The highest BCUT2D eigenvalue weighted by Crippen LogP contribution is 2.26. The van der Waals surface area contributed by atoms with E-state index in [0.29, 0.717) is 19.7 Å². The lowest BCUT2D eigenvalue weighted by molar-refractivity contribution is -0.00834. The second kappa shape index (κ2) is 10.2. The zero-order valence-electron chi connectivity index (χ0n) is 16.7. The molecule has 10 heteroatoms. The van der Waals surface area contributed by atoms with Crippen LogP contribution in [0, 0.1) is 13.8 Å². The molecule has 1 aliphatic heterocycles. The number of halogens is 1. The van der Waals surface area contributed by atoms with Gasteiger partial charge in [-0.15, -0.1) is 35.3 Å². The number of aryl methyl sites for hydroxylation is 2. The summed E-state index contributed by atoms with van der Waals surface area (Å²) < 4.78 is 29.0. The van der Waals surface area contributed by atoms with Crippen molar-refractivity contribution in [2.45, 2.75) is 30.7 Å². The van der Waals surface area contributed by atoms with Crippen molar-refractivity contribution in [2.75, 3.05) is 26.7 Å². The number of nitrogens with one attached hydrogen (secondary N) is 1. The van der Waals surface area contributed by atoms with Gasteiger partial charge in [0.25, 0.3) is 0 Å². The summed E-state index contributed by atoms with van der Waals surface area (Å²) in [5, 5.41) is 8.49. The molecule has 0 radical (unpaired) electrons. The number of primary sulfonamides is 1. The molecule has 2 aromatic rings. The molecular weight excluding hydrogens is 523 g/mol. The number of morpholine rings is 1. The molecule has 160 valence electrons. The van der Waals surface area contributed by atoms with E-state index < -0.39 is 10.0 Å². The topological polar surface area (TPSA) is 97.0 Å². The molecule has 0 spiro atoms. The van der Waals surface area contributed by atoms with E-state index in [-0.39, 0.29) is 34.3 Å². The monoisotopic (exact) mass is 550 g/mol. The van der Waals surface area contributed by atoms with Gasteiger partial charge in [0.1, 0.15) is 10.3 Å². The van der Waals surface area contributed by atoms with Crippen molar-refractivity contribution in [3.63, 3.8) is 0 Å². The maximum Gasteiger partial charge on any atom is 0.247 e. The van der Waals surface area contributed by atoms with Gasteiger partial charge in [0.15, 0.2) is 5.96 Å². The molecule has 1 aromatic carbocycles. The summed E-state index contributed by atoms with van der Waals surface area (Å²) in [5.41, 5.74) is 3.66. The molecule has 1 unspecified atom stereocenters. The average molecular weight is 550 g/mol. The van der Waals surface area contributed by atoms with E-state index in [1.807, 2.05) is 0 Å². The number of thiophene rings is 1. The van der Waals surface area contributed by atoms with E-state index in [1.165, 1.54) is 34.1 Å². The number of benzene rings is 1. The van der Waals surface area contributed by atoms with E-state index in [4.69, 9.17) is 9.88 Å². The first-order valence-electron chi connectivity index (χ1n) is 9.04. The van der Waals surface area contributed by atoms with Crippen LogP contribution in [0.4, 0.5) is 0 Å². The van der Waals surface area contributed by atoms with E-state index in [9.17, 15) is 8.42 Å². The van der Waals surface area contributed by atoms with Gasteiger partial charge in [-0.05, 0) is 37.1 Å². The van der Waals surface area contributed by atoms with Gasteiger partial charge >= 0.3 is 0 Å². The van der Waals surface area contributed by atoms with Crippen LogP contribution in [-0.2, 0) is 21.3 Å². The smallest absolute Gasteiger partial charge is 0.247 e. The summed E-state index contributed by atoms with van der Waals surface area (Å²) in [6.45, 7) is 6.75. The van der Waals surface area contributed by atoms with E-state index >= 15 is 0 Å². The molecule has 1 aromatic heterocycles. The quantitative estimate of drug-likeness (QED) is 0.347. The number of sulfonamides is 1. The van der Waals surface area contributed by atoms with E-state index in [0.717, 1.165) is 17.4 Å². The number of nitrogens with two attached hydrogens (primary N) is 1. The molecule has 29 heavy (non-hydrogen) atoms. The van der Waals surface area contributed by atoms with Crippen LogP contribution in [0.1, 0.15) is 27.7 Å². The van der Waals surface area contributed by atoms with Gasteiger partial charge in [-0.25, -0.2) is 13.6 Å². The summed E-state index contributed by atoms with van der Waals surface area (Å²) in [5.74, 6) is 0.767. The van der Waals surface area contributed by atoms with Crippen molar-refractivity contribution in [2.24, 2.45) is 10.1 Å². The first-order chi connectivity index (χ1) is 13.3. The molecule has 0 amide bonds. The minimum Gasteiger partial charge on any atom is -0.370 e. The first kappa shape index (κ1) is 24.1. The number of ether oxygens (including phenoxy) is 1. The van der Waals surface area contributed by atoms with Crippen LogP contribution in [0.15, 0.2) is 39.5 Å². The molecule has 3 rings (SSSR count). The Kier molecular flexibility index (Phi) is 8.47. The molecule has 2 heterocycles. The van der Waals surface area contributed by atoms with Gasteiger partial charge in [-0.1, -0.05) is 23.8 Å². The SMILES string of the molecule is CN=C(NCc1ccc(S(N)(=O)=O)s1)N1CCOC(c2ccc(C)cc2C)C1.I. The zero-order valence-corrected chi connectivity index (χ0v) is 20.7. The van der Waals surface area contributed by atoms with E-state index in [2.05, 4.69) is 47.3 Å². The Labute approximate surface area is 193 Å². The maximum absolute atomic E-state index is 11.4. The molecule has 1 fully saturated rings. The summed E-state index contributed by atoms with van der Waals surface area (Å²) in [6, 6.07) is 9.71. The van der Waals surface area contributed by atoms with Crippen molar-refractivity contribution in [1.82, 2.24) is 10.2 Å². The Morgan fingerprint density at radius 1 is 1.34 bits per heavy atom. The summed E-state index contributed by atoms with van der Waals surface area (Å²) >= 11 is 1.17. The standard InChI is InChI=1S/C19H26N4O3S2.HI/c1-13-4-6-16(14(2)10-13)17-12-23(8-9-26-17)19(21-3)22-11-15-5-7-18(27-15)28(20,24)25;/h4-7,10,17H,8-9,11-12H2,1-3H3,(H,21,22)(H2,20,24,25);1H. The average Bonchev–Trinajstić information content (AvgIpc) is 3.12. The first-order valence-corrected chi connectivity index (χ1v) is 11.4. The second-order valence-electron chi connectivity index (χ2n) is 6.83. The lowest BCUT2D eigenvalue weighted by Crippen LogP contribution is -2.48. The summed E-state index contributed by atoms with van der Waals surface area (Å²) in [6.07, 6.45) is -0.0105. The van der Waals surface area contributed by atoms with Crippen molar-refractivity contribution >= 4 is 51.3 Å². The fraction of sp³-hybridized carbons (Fsp3) is 0.421.